The molecule has 0 saturated carbocycles. The molecule has 1 aliphatic heterocycles. The van der Waals surface area contributed by atoms with Gasteiger partial charge in [0.1, 0.15) is 11.3 Å². The number of phenols is 1. The van der Waals surface area contributed by atoms with Gasteiger partial charge in [-0.15, -0.1) is 0 Å². The van der Waals surface area contributed by atoms with Crippen molar-refractivity contribution in [2.24, 2.45) is 5.92 Å². The van der Waals surface area contributed by atoms with Crippen LogP contribution >= 0.6 is 0 Å². The Bertz CT molecular complexity index is 919. The van der Waals surface area contributed by atoms with Gasteiger partial charge < -0.3 is 20.4 Å². The molecule has 0 bridgehead atoms. The number of carboxylic acid groups (broad SMARTS) is 1. The lowest BCUT2D eigenvalue weighted by Gasteiger charge is -2.33. The highest BCUT2D eigenvalue weighted by Crippen LogP contribution is 2.32. The van der Waals surface area contributed by atoms with Gasteiger partial charge in [-0.25, -0.2) is 4.79 Å². The van der Waals surface area contributed by atoms with E-state index < -0.39 is 5.97 Å². The second-order valence-electron chi connectivity index (χ2n) is 8.69. The fraction of sp³-hybridized carbons (Fsp3) is 0.440. The summed E-state index contributed by atoms with van der Waals surface area (Å²) in [6, 6.07) is 12.5. The number of nitrogens with zero attached hydrogens (tertiary/aromatic N) is 1. The number of carboxylic acids is 1. The number of hydrogen-bond donors (Lipinski definition) is 3. The Labute approximate surface area is 183 Å². The van der Waals surface area contributed by atoms with Crippen LogP contribution in [0.2, 0.25) is 0 Å². The lowest BCUT2D eigenvalue weighted by atomic mass is 9.94. The molecule has 1 atom stereocenters. The second kappa shape index (κ2) is 10.3. The van der Waals surface area contributed by atoms with E-state index in [0.717, 1.165) is 25.1 Å². The SMILES string of the molecule is CC(C)CC(NC(=O)Cc1ccc(C(=O)O)c(O)c1)c1ccccc1N1CCCCC1. The molecule has 3 rings (SSSR count). The van der Waals surface area contributed by atoms with E-state index in [-0.39, 0.29) is 29.7 Å². The van der Waals surface area contributed by atoms with Crippen molar-refractivity contribution in [2.75, 3.05) is 18.0 Å². The Kier molecular flexibility index (Phi) is 7.55. The van der Waals surface area contributed by atoms with Gasteiger partial charge in [-0.2, -0.15) is 0 Å². The molecule has 1 fully saturated rings. The first kappa shape index (κ1) is 22.7. The predicted octanol–water partition coefficient (Wildman–Crippen LogP) is 4.53. The number of amides is 1. The lowest BCUT2D eigenvalue weighted by Crippen LogP contribution is -2.34. The molecule has 0 aliphatic carbocycles. The molecule has 1 unspecified atom stereocenters. The third kappa shape index (κ3) is 6.00. The summed E-state index contributed by atoms with van der Waals surface area (Å²) in [5, 5.41) is 22.2. The van der Waals surface area contributed by atoms with Crippen LogP contribution in [0.3, 0.4) is 0 Å². The van der Waals surface area contributed by atoms with Crippen LogP contribution in [0.1, 0.15) is 67.1 Å². The molecular formula is C25H32N2O4. The van der Waals surface area contributed by atoms with Crippen LogP contribution in [0, 0.1) is 5.92 Å². The van der Waals surface area contributed by atoms with E-state index in [1.54, 1.807) is 6.07 Å². The highest BCUT2D eigenvalue weighted by atomic mass is 16.4. The van der Waals surface area contributed by atoms with Crippen LogP contribution in [-0.4, -0.2) is 35.2 Å². The average Bonchev–Trinajstić information content (AvgIpc) is 2.73. The zero-order chi connectivity index (χ0) is 22.4. The minimum absolute atomic E-state index is 0.0773. The fourth-order valence-corrected chi connectivity index (χ4v) is 4.24. The normalized spacial score (nSPS) is 15.0. The third-order valence-electron chi connectivity index (χ3n) is 5.71. The average molecular weight is 425 g/mol. The van der Waals surface area contributed by atoms with Gasteiger partial charge in [-0.05, 0) is 60.9 Å². The van der Waals surface area contributed by atoms with Crippen LogP contribution in [-0.2, 0) is 11.2 Å². The topological polar surface area (TPSA) is 89.9 Å². The van der Waals surface area contributed by atoms with Gasteiger partial charge in [0, 0.05) is 18.8 Å². The Hall–Kier alpha value is -3.02. The number of hydrogen-bond acceptors (Lipinski definition) is 4. The van der Waals surface area contributed by atoms with Gasteiger partial charge in [0.15, 0.2) is 0 Å². The maximum Gasteiger partial charge on any atom is 0.339 e. The Morgan fingerprint density at radius 1 is 1.06 bits per heavy atom. The van der Waals surface area contributed by atoms with Gasteiger partial charge in [0.05, 0.1) is 12.5 Å². The van der Waals surface area contributed by atoms with Gasteiger partial charge in [0.2, 0.25) is 5.91 Å². The van der Waals surface area contributed by atoms with E-state index >= 15 is 0 Å². The molecule has 0 aromatic heterocycles. The minimum atomic E-state index is -1.19. The minimum Gasteiger partial charge on any atom is -0.507 e. The van der Waals surface area contributed by atoms with Crippen LogP contribution in [0.5, 0.6) is 5.75 Å². The molecule has 2 aromatic rings. The molecule has 166 valence electrons. The fourth-order valence-electron chi connectivity index (χ4n) is 4.24. The molecule has 6 nitrogen and oxygen atoms in total. The largest absolute Gasteiger partial charge is 0.507 e. The molecule has 2 aromatic carbocycles. The molecule has 1 saturated heterocycles. The number of carbonyl (C=O) groups excluding carboxylic acids is 1. The summed E-state index contributed by atoms with van der Waals surface area (Å²) in [5.41, 5.74) is 2.73. The van der Waals surface area contributed by atoms with Crippen LogP contribution < -0.4 is 10.2 Å². The summed E-state index contributed by atoms with van der Waals surface area (Å²) in [6.45, 7) is 6.36. The second-order valence-corrected chi connectivity index (χ2v) is 8.69. The molecule has 31 heavy (non-hydrogen) atoms. The number of nitrogens with one attached hydrogen (secondary N) is 1. The van der Waals surface area contributed by atoms with Crippen molar-refractivity contribution in [3.05, 3.63) is 59.2 Å². The zero-order valence-electron chi connectivity index (χ0n) is 18.3. The molecular weight excluding hydrogens is 392 g/mol. The van der Waals surface area contributed by atoms with Crippen molar-refractivity contribution in [1.82, 2.24) is 5.32 Å². The monoisotopic (exact) mass is 424 g/mol. The standard InChI is InChI=1S/C25H32N2O4/c1-17(2)14-21(19-8-4-5-9-22(19)27-12-6-3-7-13-27)26-24(29)16-18-10-11-20(25(30)31)23(28)15-18/h4-5,8-11,15,17,21,28H,3,6-7,12-14,16H2,1-2H3,(H,26,29)(H,30,31). The predicted molar refractivity (Wildman–Crippen MR) is 122 cm³/mol. The van der Waals surface area contributed by atoms with Crippen molar-refractivity contribution in [3.63, 3.8) is 0 Å². The van der Waals surface area contributed by atoms with E-state index in [2.05, 4.69) is 42.3 Å². The smallest absolute Gasteiger partial charge is 0.339 e. The zero-order valence-corrected chi connectivity index (χ0v) is 18.3. The van der Waals surface area contributed by atoms with Crippen molar-refractivity contribution in [1.29, 1.82) is 0 Å². The first-order valence-electron chi connectivity index (χ1n) is 11.0. The van der Waals surface area contributed by atoms with Crippen molar-refractivity contribution in [3.8, 4) is 5.75 Å². The quantitative estimate of drug-likeness (QED) is 0.579. The van der Waals surface area contributed by atoms with Crippen molar-refractivity contribution in [2.45, 2.75) is 52.0 Å². The van der Waals surface area contributed by atoms with Gasteiger partial charge in [0.25, 0.3) is 0 Å². The van der Waals surface area contributed by atoms with Gasteiger partial charge >= 0.3 is 5.97 Å². The van der Waals surface area contributed by atoms with E-state index in [1.165, 1.54) is 37.1 Å². The van der Waals surface area contributed by atoms with E-state index in [1.807, 2.05) is 6.07 Å². The molecule has 0 radical (unpaired) electrons. The molecule has 1 amide bonds. The summed E-state index contributed by atoms with van der Waals surface area (Å²) in [5.74, 6) is -1.27. The van der Waals surface area contributed by atoms with Crippen LogP contribution in [0.25, 0.3) is 0 Å². The molecule has 1 heterocycles. The Balaban J connectivity index is 1.78. The summed E-state index contributed by atoms with van der Waals surface area (Å²) in [4.78, 5) is 26.4. The number of aromatic hydroxyl groups is 1. The van der Waals surface area contributed by atoms with E-state index in [4.69, 9.17) is 5.11 Å². The number of piperidine rings is 1. The highest BCUT2D eigenvalue weighted by molar-refractivity contribution is 5.91. The van der Waals surface area contributed by atoms with Crippen LogP contribution in [0.4, 0.5) is 5.69 Å². The van der Waals surface area contributed by atoms with Crippen molar-refractivity contribution >= 4 is 17.6 Å². The van der Waals surface area contributed by atoms with E-state index in [0.29, 0.717) is 11.5 Å². The Morgan fingerprint density at radius 3 is 2.42 bits per heavy atom. The third-order valence-corrected chi connectivity index (χ3v) is 5.71. The summed E-state index contributed by atoms with van der Waals surface area (Å²) in [7, 11) is 0. The lowest BCUT2D eigenvalue weighted by molar-refractivity contribution is -0.121. The Morgan fingerprint density at radius 2 is 1.77 bits per heavy atom. The van der Waals surface area contributed by atoms with Crippen LogP contribution in [0.15, 0.2) is 42.5 Å². The molecule has 6 heteroatoms. The molecule has 1 aliphatic rings. The summed E-state index contributed by atoms with van der Waals surface area (Å²) < 4.78 is 0. The first-order chi connectivity index (χ1) is 14.8. The highest BCUT2D eigenvalue weighted by Gasteiger charge is 2.23. The molecule has 3 N–H and O–H groups in total. The number of para-hydroxylation sites is 1. The summed E-state index contributed by atoms with van der Waals surface area (Å²) >= 11 is 0. The van der Waals surface area contributed by atoms with Gasteiger partial charge in [-0.3, -0.25) is 4.79 Å². The number of carbonyl (C=O) groups is 2. The van der Waals surface area contributed by atoms with Crippen molar-refractivity contribution < 1.29 is 19.8 Å². The first-order valence-corrected chi connectivity index (χ1v) is 11.0. The number of benzene rings is 2. The number of anilines is 1. The number of rotatable bonds is 8. The maximum absolute atomic E-state index is 12.9. The maximum atomic E-state index is 12.9. The van der Waals surface area contributed by atoms with E-state index in [9.17, 15) is 14.7 Å². The molecule has 0 spiro atoms. The number of aromatic carboxylic acids is 1. The van der Waals surface area contributed by atoms with Gasteiger partial charge in [-0.1, -0.05) is 38.1 Å². The summed E-state index contributed by atoms with van der Waals surface area (Å²) in [6.07, 6.45) is 4.53.